The van der Waals surface area contributed by atoms with Crippen molar-refractivity contribution in [3.63, 3.8) is 0 Å². The number of nitrogens with one attached hydrogen (secondary N) is 2. The second-order valence-corrected chi connectivity index (χ2v) is 11.3. The van der Waals surface area contributed by atoms with Gasteiger partial charge in [-0.3, -0.25) is 4.79 Å². The summed E-state index contributed by atoms with van der Waals surface area (Å²) in [4.78, 5) is 31.4. The number of rotatable bonds is 9. The molecule has 2 fully saturated rings. The maximum absolute atomic E-state index is 14.0. The minimum absolute atomic E-state index is 0.0832. The van der Waals surface area contributed by atoms with E-state index in [1.165, 1.54) is 13.3 Å². The fourth-order valence-electron chi connectivity index (χ4n) is 5.67. The Kier molecular flexibility index (Phi) is 8.38. The number of ether oxygens (including phenoxy) is 1. The first-order valence-electron chi connectivity index (χ1n) is 13.9. The number of nitrogens with zero attached hydrogens (tertiary/aromatic N) is 3. The fourth-order valence-corrected chi connectivity index (χ4v) is 5.67. The van der Waals surface area contributed by atoms with Gasteiger partial charge in [-0.05, 0) is 36.5 Å². The quantitative estimate of drug-likeness (QED) is 0.289. The summed E-state index contributed by atoms with van der Waals surface area (Å²) in [5.41, 5.74) is 1.29. The Morgan fingerprint density at radius 1 is 1.26 bits per heavy atom. The highest BCUT2D eigenvalue weighted by Gasteiger charge is 2.48. The van der Waals surface area contributed by atoms with Gasteiger partial charge in [-0.15, -0.1) is 0 Å². The molecule has 1 aliphatic heterocycles. The highest BCUT2D eigenvalue weighted by atomic mass is 19.4. The van der Waals surface area contributed by atoms with Crippen LogP contribution in [0.4, 0.5) is 26.7 Å². The summed E-state index contributed by atoms with van der Waals surface area (Å²) in [5, 5.41) is 8.58. The molecule has 0 bridgehead atoms. The van der Waals surface area contributed by atoms with Gasteiger partial charge in [-0.1, -0.05) is 25.1 Å². The van der Waals surface area contributed by atoms with Crippen LogP contribution in [0.3, 0.4) is 0 Å². The van der Waals surface area contributed by atoms with Crippen LogP contribution in [0.5, 0.6) is 0 Å². The number of hydrogen-bond donors (Lipinski definition) is 2. The first-order chi connectivity index (χ1) is 20.3. The number of benzene rings is 1. The molecule has 3 atom stereocenters. The average molecular weight is 614 g/mol. The van der Waals surface area contributed by atoms with Crippen molar-refractivity contribution in [2.45, 2.75) is 75.7 Å². The van der Waals surface area contributed by atoms with E-state index in [4.69, 9.17) is 13.7 Å². The van der Waals surface area contributed by atoms with Crippen LogP contribution in [0.2, 0.25) is 0 Å². The van der Waals surface area contributed by atoms with E-state index < -0.39 is 54.6 Å². The molecule has 3 unspecified atom stereocenters. The SMILES string of the molecule is COCC(c1ccc2oc(C(NC(=O)c3cnoc3C(C)C)C3CCC(F)(F)CC3)nc2c1)N1CC(C(F)(F)F)NC1=O. The van der Waals surface area contributed by atoms with Crippen LogP contribution in [0.15, 0.2) is 33.3 Å². The van der Waals surface area contributed by atoms with E-state index in [-0.39, 0.29) is 49.7 Å². The van der Waals surface area contributed by atoms with Gasteiger partial charge in [0.1, 0.15) is 23.2 Å². The number of hydrogen-bond acceptors (Lipinski definition) is 7. The Morgan fingerprint density at radius 2 is 1.98 bits per heavy atom. The molecule has 43 heavy (non-hydrogen) atoms. The smallest absolute Gasteiger partial charge is 0.410 e. The minimum Gasteiger partial charge on any atom is -0.438 e. The van der Waals surface area contributed by atoms with E-state index >= 15 is 0 Å². The second-order valence-electron chi connectivity index (χ2n) is 11.3. The van der Waals surface area contributed by atoms with Gasteiger partial charge >= 0.3 is 12.2 Å². The highest BCUT2D eigenvalue weighted by molar-refractivity contribution is 5.95. The van der Waals surface area contributed by atoms with Crippen LogP contribution < -0.4 is 10.6 Å². The van der Waals surface area contributed by atoms with Gasteiger partial charge in [0.15, 0.2) is 11.3 Å². The Labute approximate surface area is 243 Å². The molecule has 2 aromatic heterocycles. The van der Waals surface area contributed by atoms with Crippen LogP contribution in [0.25, 0.3) is 11.1 Å². The van der Waals surface area contributed by atoms with Gasteiger partial charge in [0.25, 0.3) is 5.91 Å². The summed E-state index contributed by atoms with van der Waals surface area (Å²) in [6, 6.07) is 0.111. The number of halogens is 5. The number of carbonyl (C=O) groups is 2. The van der Waals surface area contributed by atoms with E-state index in [1.807, 2.05) is 19.2 Å². The molecule has 0 radical (unpaired) electrons. The summed E-state index contributed by atoms with van der Waals surface area (Å²) in [7, 11) is 1.37. The molecule has 3 heterocycles. The highest BCUT2D eigenvalue weighted by Crippen LogP contribution is 2.42. The third-order valence-corrected chi connectivity index (χ3v) is 8.00. The molecule has 1 aromatic carbocycles. The molecular weight excluding hydrogens is 581 g/mol. The number of oxazole rings is 1. The Morgan fingerprint density at radius 3 is 2.60 bits per heavy atom. The van der Waals surface area contributed by atoms with Crippen LogP contribution in [0.1, 0.15) is 85.1 Å². The lowest BCUT2D eigenvalue weighted by atomic mass is 9.81. The molecule has 1 aliphatic carbocycles. The van der Waals surface area contributed by atoms with Crippen molar-refractivity contribution in [2.24, 2.45) is 5.92 Å². The first kappa shape index (κ1) is 30.7. The molecule has 2 N–H and O–H groups in total. The lowest BCUT2D eigenvalue weighted by molar-refractivity contribution is -0.150. The molecule has 3 amide bonds. The van der Waals surface area contributed by atoms with Crippen molar-refractivity contribution < 1.29 is 45.2 Å². The molecule has 2 aliphatic rings. The normalized spacial score (nSPS) is 20.9. The predicted molar refractivity (Wildman–Crippen MR) is 141 cm³/mol. The van der Waals surface area contributed by atoms with Gasteiger partial charge in [0.2, 0.25) is 11.8 Å². The molecule has 3 aromatic rings. The number of carbonyl (C=O) groups excluding carboxylic acids is 2. The summed E-state index contributed by atoms with van der Waals surface area (Å²) >= 11 is 0. The van der Waals surface area contributed by atoms with E-state index in [1.54, 1.807) is 18.2 Å². The molecule has 15 heteroatoms. The van der Waals surface area contributed by atoms with Crippen molar-refractivity contribution in [2.75, 3.05) is 20.3 Å². The topological polar surface area (TPSA) is 123 Å². The van der Waals surface area contributed by atoms with Crippen molar-refractivity contribution >= 4 is 23.0 Å². The van der Waals surface area contributed by atoms with Crippen LogP contribution >= 0.6 is 0 Å². The molecule has 234 valence electrons. The van der Waals surface area contributed by atoms with Crippen LogP contribution in [-0.4, -0.2) is 65.4 Å². The zero-order valence-corrected chi connectivity index (χ0v) is 23.7. The zero-order chi connectivity index (χ0) is 31.1. The summed E-state index contributed by atoms with van der Waals surface area (Å²) < 4.78 is 84.4. The maximum atomic E-state index is 14.0. The van der Waals surface area contributed by atoms with Gasteiger partial charge in [0, 0.05) is 25.9 Å². The first-order valence-corrected chi connectivity index (χ1v) is 13.9. The predicted octanol–water partition coefficient (Wildman–Crippen LogP) is 5.88. The van der Waals surface area contributed by atoms with Crippen molar-refractivity contribution in [1.82, 2.24) is 25.7 Å². The number of urea groups is 1. The van der Waals surface area contributed by atoms with E-state index in [0.29, 0.717) is 22.4 Å². The standard InChI is InChI=1S/C28H32F5N5O5/c1-14(2)23-17(11-34-43-23)24(39)37-22(15-6-8-27(29,30)9-7-15)25-35-18-10-16(4-5-20(18)42-25)19(13-41-3)38-12-21(28(31,32)33)36-26(38)40/h4-5,10-11,14-15,19,21-22H,6-9,12-13H2,1-3H3,(H,36,40)(H,37,39). The van der Waals surface area contributed by atoms with Gasteiger partial charge in [-0.25, -0.2) is 18.6 Å². The van der Waals surface area contributed by atoms with Gasteiger partial charge in [-0.2, -0.15) is 13.2 Å². The van der Waals surface area contributed by atoms with Gasteiger partial charge in [0.05, 0.1) is 25.4 Å². The van der Waals surface area contributed by atoms with Crippen molar-refractivity contribution in [3.05, 3.63) is 47.2 Å². The molecule has 1 saturated carbocycles. The summed E-state index contributed by atoms with van der Waals surface area (Å²) in [6.45, 7) is 2.99. The summed E-state index contributed by atoms with van der Waals surface area (Å²) in [6.07, 6.45) is -3.80. The van der Waals surface area contributed by atoms with Crippen LogP contribution in [-0.2, 0) is 4.74 Å². The third-order valence-electron chi connectivity index (χ3n) is 8.00. The van der Waals surface area contributed by atoms with Gasteiger partial charge < -0.3 is 29.2 Å². The summed E-state index contributed by atoms with van der Waals surface area (Å²) in [5.74, 6) is -3.40. The van der Waals surface area contributed by atoms with E-state index in [2.05, 4.69) is 15.5 Å². The van der Waals surface area contributed by atoms with E-state index in [9.17, 15) is 31.5 Å². The molecule has 0 spiro atoms. The Balaban J connectivity index is 1.46. The lowest BCUT2D eigenvalue weighted by Gasteiger charge is -2.32. The number of aromatic nitrogens is 2. The van der Waals surface area contributed by atoms with Crippen molar-refractivity contribution in [1.29, 1.82) is 0 Å². The van der Waals surface area contributed by atoms with Crippen LogP contribution in [0, 0.1) is 5.92 Å². The Bertz CT molecular complexity index is 1460. The maximum Gasteiger partial charge on any atom is 0.410 e. The largest absolute Gasteiger partial charge is 0.438 e. The minimum atomic E-state index is -4.61. The number of fused-ring (bicyclic) bond motifs is 1. The van der Waals surface area contributed by atoms with Crippen molar-refractivity contribution in [3.8, 4) is 0 Å². The third kappa shape index (κ3) is 6.45. The number of alkyl halides is 5. The second kappa shape index (κ2) is 11.7. The molecule has 1 saturated heterocycles. The fraction of sp³-hybridized carbons (Fsp3) is 0.571. The number of methoxy groups -OCH3 is 1. The van der Waals surface area contributed by atoms with E-state index in [0.717, 1.165) is 4.90 Å². The monoisotopic (exact) mass is 613 g/mol. The molecular formula is C28H32F5N5O5. The molecule has 5 rings (SSSR count). The average Bonchev–Trinajstić information content (AvgIpc) is 3.68. The zero-order valence-electron chi connectivity index (χ0n) is 23.7. The lowest BCUT2D eigenvalue weighted by Crippen LogP contribution is -2.40. The number of amides is 3. The molecule has 10 nitrogen and oxygen atoms in total. The Hall–Kier alpha value is -3.75.